The second-order valence-electron chi connectivity index (χ2n) is 7.71. The molecule has 0 radical (unpaired) electrons. The predicted octanol–water partition coefficient (Wildman–Crippen LogP) is 2.66. The van der Waals surface area contributed by atoms with E-state index in [1.54, 1.807) is 4.90 Å². The lowest BCUT2D eigenvalue weighted by atomic mass is 10.1. The van der Waals surface area contributed by atoms with Crippen molar-refractivity contribution in [2.75, 3.05) is 26.5 Å². The summed E-state index contributed by atoms with van der Waals surface area (Å²) >= 11 is 0. The Kier molecular flexibility index (Phi) is 6.59. The first kappa shape index (κ1) is 22.0. The third-order valence-electron chi connectivity index (χ3n) is 4.17. The molecule has 8 nitrogen and oxygen atoms in total. The van der Waals surface area contributed by atoms with E-state index in [1.807, 2.05) is 20.8 Å². The molecular weight excluding hydrogens is 386 g/mol. The highest BCUT2D eigenvalue weighted by molar-refractivity contribution is 7.90. The minimum absolute atomic E-state index is 0.0568. The molecule has 0 aromatic heterocycles. The van der Waals surface area contributed by atoms with Gasteiger partial charge in [0.2, 0.25) is 0 Å². The van der Waals surface area contributed by atoms with E-state index in [1.165, 1.54) is 25.3 Å². The maximum absolute atomic E-state index is 12.2. The average molecular weight is 413 g/mol. The fourth-order valence-corrected chi connectivity index (χ4v) is 3.41. The average Bonchev–Trinajstić information content (AvgIpc) is 2.59. The third-order valence-corrected chi connectivity index (χ3v) is 5.28. The molecule has 1 amide bonds. The van der Waals surface area contributed by atoms with E-state index in [0.717, 1.165) is 6.26 Å². The first-order valence-electron chi connectivity index (χ1n) is 8.97. The molecule has 1 aliphatic heterocycles. The minimum atomic E-state index is -3.45. The Morgan fingerprint density at radius 1 is 1.14 bits per heavy atom. The van der Waals surface area contributed by atoms with Gasteiger partial charge in [-0.3, -0.25) is 0 Å². The number of ether oxygens (including phenoxy) is 3. The number of benzene rings is 1. The van der Waals surface area contributed by atoms with Crippen LogP contribution in [-0.2, 0) is 19.3 Å². The summed E-state index contributed by atoms with van der Waals surface area (Å²) in [5.41, 5.74) is -0.407. The van der Waals surface area contributed by atoms with Crippen LogP contribution in [0.4, 0.5) is 4.79 Å². The first-order chi connectivity index (χ1) is 12.9. The van der Waals surface area contributed by atoms with Gasteiger partial charge in [-0.15, -0.1) is 0 Å². The number of nitrogens with zero attached hydrogens (tertiary/aromatic N) is 1. The monoisotopic (exact) mass is 413 g/mol. The fraction of sp³-hybridized carbons (Fsp3) is 0.579. The van der Waals surface area contributed by atoms with Gasteiger partial charge in [0.25, 0.3) is 0 Å². The number of hydrogen-bond acceptors (Lipinski definition) is 7. The van der Waals surface area contributed by atoms with E-state index in [-0.39, 0.29) is 28.4 Å². The van der Waals surface area contributed by atoms with E-state index < -0.39 is 21.4 Å². The van der Waals surface area contributed by atoms with Crippen LogP contribution in [0.3, 0.4) is 0 Å². The molecule has 0 N–H and O–H groups in total. The van der Waals surface area contributed by atoms with Gasteiger partial charge in [0.05, 0.1) is 12.0 Å². The van der Waals surface area contributed by atoms with Gasteiger partial charge in [0.15, 0.2) is 9.84 Å². The number of carbonyl (C=O) groups is 2. The molecule has 1 aromatic rings. The maximum atomic E-state index is 12.2. The SMILES string of the molecule is COC(=O)c1ccc(S(C)(=O)=O)cc1OC1CCN(C(=O)OC(C)(C)C)CC1. The second-order valence-corrected chi connectivity index (χ2v) is 9.72. The molecule has 1 fully saturated rings. The lowest BCUT2D eigenvalue weighted by Gasteiger charge is -2.33. The Morgan fingerprint density at radius 3 is 2.25 bits per heavy atom. The molecule has 0 unspecified atom stereocenters. The highest BCUT2D eigenvalue weighted by Gasteiger charge is 2.28. The standard InChI is InChI=1S/C19H27NO7S/c1-19(2,3)27-18(22)20-10-8-13(9-11-20)26-16-12-14(28(5,23)24)6-7-15(16)17(21)25-4/h6-7,12-13H,8-11H2,1-5H3. The zero-order valence-electron chi connectivity index (χ0n) is 16.9. The Morgan fingerprint density at radius 2 is 1.75 bits per heavy atom. The topological polar surface area (TPSA) is 99.2 Å². The van der Waals surface area contributed by atoms with Crippen LogP contribution in [0.15, 0.2) is 23.1 Å². The number of piperidine rings is 1. The quantitative estimate of drug-likeness (QED) is 0.700. The Labute approximate surface area is 165 Å². The molecule has 0 saturated carbocycles. The third kappa shape index (κ3) is 5.85. The van der Waals surface area contributed by atoms with Crippen LogP contribution in [0.2, 0.25) is 0 Å². The van der Waals surface area contributed by atoms with Gasteiger partial charge < -0.3 is 19.1 Å². The van der Waals surface area contributed by atoms with Crippen molar-refractivity contribution >= 4 is 21.9 Å². The molecule has 9 heteroatoms. The summed E-state index contributed by atoms with van der Waals surface area (Å²) in [7, 11) is -2.21. The van der Waals surface area contributed by atoms with Crippen molar-refractivity contribution in [2.45, 2.75) is 50.2 Å². The van der Waals surface area contributed by atoms with E-state index in [0.29, 0.717) is 25.9 Å². The summed E-state index contributed by atoms with van der Waals surface area (Å²) in [5, 5.41) is 0. The van der Waals surface area contributed by atoms with Crippen molar-refractivity contribution in [3.8, 4) is 5.75 Å². The van der Waals surface area contributed by atoms with E-state index >= 15 is 0 Å². The van der Waals surface area contributed by atoms with Crippen molar-refractivity contribution < 1.29 is 32.2 Å². The van der Waals surface area contributed by atoms with Crippen LogP contribution in [0.1, 0.15) is 44.0 Å². The highest BCUT2D eigenvalue weighted by atomic mass is 32.2. The number of amides is 1. The molecule has 1 aliphatic rings. The number of likely N-dealkylation sites (tertiary alicyclic amines) is 1. The molecule has 0 bridgehead atoms. The van der Waals surface area contributed by atoms with E-state index in [2.05, 4.69) is 0 Å². The molecule has 1 aromatic carbocycles. The molecule has 2 rings (SSSR count). The largest absolute Gasteiger partial charge is 0.489 e. The van der Waals surface area contributed by atoms with Crippen LogP contribution in [0.25, 0.3) is 0 Å². The lowest BCUT2D eigenvalue weighted by molar-refractivity contribution is 0.0125. The second kappa shape index (κ2) is 8.38. The summed E-state index contributed by atoms with van der Waals surface area (Å²) < 4.78 is 39.7. The van der Waals surface area contributed by atoms with Gasteiger partial charge in [0, 0.05) is 32.2 Å². The van der Waals surface area contributed by atoms with Crippen molar-refractivity contribution in [3.05, 3.63) is 23.8 Å². The zero-order chi connectivity index (χ0) is 21.1. The summed E-state index contributed by atoms with van der Waals surface area (Å²) in [6.07, 6.45) is 1.51. The van der Waals surface area contributed by atoms with Crippen LogP contribution in [0.5, 0.6) is 5.75 Å². The molecule has 1 heterocycles. The molecule has 28 heavy (non-hydrogen) atoms. The number of rotatable bonds is 4. The number of sulfone groups is 1. The van der Waals surface area contributed by atoms with Crippen LogP contribution < -0.4 is 4.74 Å². The molecular formula is C19H27NO7S. The van der Waals surface area contributed by atoms with E-state index in [4.69, 9.17) is 14.2 Å². The highest BCUT2D eigenvalue weighted by Crippen LogP contribution is 2.27. The minimum Gasteiger partial charge on any atom is -0.489 e. The molecule has 0 spiro atoms. The van der Waals surface area contributed by atoms with Crippen LogP contribution in [-0.4, -0.2) is 63.5 Å². The van der Waals surface area contributed by atoms with Crippen molar-refractivity contribution in [1.82, 2.24) is 4.90 Å². The Hall–Kier alpha value is -2.29. The van der Waals surface area contributed by atoms with Crippen LogP contribution in [0, 0.1) is 0 Å². The van der Waals surface area contributed by atoms with Crippen molar-refractivity contribution in [1.29, 1.82) is 0 Å². The molecule has 0 aliphatic carbocycles. The van der Waals surface area contributed by atoms with Crippen molar-refractivity contribution in [2.24, 2.45) is 0 Å². The molecule has 0 atom stereocenters. The summed E-state index contributed by atoms with van der Waals surface area (Å²) in [6.45, 7) is 6.31. The summed E-state index contributed by atoms with van der Waals surface area (Å²) in [4.78, 5) is 25.8. The number of esters is 1. The number of carbonyl (C=O) groups excluding carboxylic acids is 2. The van der Waals surface area contributed by atoms with Crippen molar-refractivity contribution in [3.63, 3.8) is 0 Å². The Balaban J connectivity index is 2.11. The van der Waals surface area contributed by atoms with Gasteiger partial charge in [-0.2, -0.15) is 0 Å². The van der Waals surface area contributed by atoms with Gasteiger partial charge in [-0.25, -0.2) is 18.0 Å². The molecule has 1 saturated heterocycles. The predicted molar refractivity (Wildman–Crippen MR) is 102 cm³/mol. The van der Waals surface area contributed by atoms with E-state index in [9.17, 15) is 18.0 Å². The summed E-state index contributed by atoms with van der Waals surface area (Å²) in [5.74, 6) is -0.452. The zero-order valence-corrected chi connectivity index (χ0v) is 17.7. The number of methoxy groups -OCH3 is 1. The summed E-state index contributed by atoms with van der Waals surface area (Å²) in [6, 6.07) is 4.06. The fourth-order valence-electron chi connectivity index (χ4n) is 2.77. The lowest BCUT2D eigenvalue weighted by Crippen LogP contribution is -2.44. The maximum Gasteiger partial charge on any atom is 0.410 e. The van der Waals surface area contributed by atoms with Gasteiger partial charge >= 0.3 is 12.1 Å². The normalized spacial score (nSPS) is 15.8. The molecule has 156 valence electrons. The number of hydrogen-bond donors (Lipinski definition) is 0. The first-order valence-corrected chi connectivity index (χ1v) is 10.9. The smallest absolute Gasteiger partial charge is 0.410 e. The van der Waals surface area contributed by atoms with Gasteiger partial charge in [0.1, 0.15) is 23.0 Å². The van der Waals surface area contributed by atoms with Crippen LogP contribution >= 0.6 is 0 Å². The van der Waals surface area contributed by atoms with Gasteiger partial charge in [-0.05, 0) is 39.0 Å². The van der Waals surface area contributed by atoms with Gasteiger partial charge in [-0.1, -0.05) is 0 Å². The Bertz CT molecular complexity index is 834.